The van der Waals surface area contributed by atoms with Crippen LogP contribution in [0, 0.1) is 0 Å². The number of sulfonamides is 1. The number of hydrogen-bond donors (Lipinski definition) is 2. The summed E-state index contributed by atoms with van der Waals surface area (Å²) >= 11 is 1.27. The Morgan fingerprint density at radius 2 is 1.68 bits per heavy atom. The molecule has 5 nitrogen and oxygen atoms in total. The summed E-state index contributed by atoms with van der Waals surface area (Å²) in [6.45, 7) is 0. The Kier molecular flexibility index (Phi) is 3.91. The molecule has 0 unspecified atom stereocenters. The third-order valence-corrected chi connectivity index (χ3v) is 5.28. The second-order valence-electron chi connectivity index (χ2n) is 4.55. The van der Waals surface area contributed by atoms with Crippen molar-refractivity contribution in [2.45, 2.75) is 9.79 Å². The van der Waals surface area contributed by atoms with Gasteiger partial charge in [0.15, 0.2) is 0 Å². The minimum Gasteiger partial charge on any atom is -0.321 e. The highest BCUT2D eigenvalue weighted by molar-refractivity contribution is 7.97. The Labute approximate surface area is 132 Å². The second kappa shape index (κ2) is 5.86. The van der Waals surface area contributed by atoms with E-state index in [1.54, 1.807) is 24.3 Å². The lowest BCUT2D eigenvalue weighted by Gasteiger charge is -2.17. The average molecular weight is 332 g/mol. The monoisotopic (exact) mass is 332 g/mol. The summed E-state index contributed by atoms with van der Waals surface area (Å²) in [7, 11) is -3.88. The van der Waals surface area contributed by atoms with E-state index in [9.17, 15) is 13.2 Å². The highest BCUT2D eigenvalue weighted by Crippen LogP contribution is 2.27. The molecule has 0 saturated heterocycles. The molecule has 7 heteroatoms. The lowest BCUT2D eigenvalue weighted by Crippen LogP contribution is -2.35. The minimum absolute atomic E-state index is 0.0489. The number of amides is 1. The zero-order valence-corrected chi connectivity index (χ0v) is 12.9. The Morgan fingerprint density at radius 1 is 1.00 bits per heavy atom. The van der Waals surface area contributed by atoms with E-state index in [0.29, 0.717) is 0 Å². The molecule has 1 aliphatic rings. The maximum atomic E-state index is 12.2. The van der Waals surface area contributed by atoms with Crippen molar-refractivity contribution in [3.8, 4) is 0 Å². The Hall–Kier alpha value is -2.25. The van der Waals surface area contributed by atoms with Crippen molar-refractivity contribution in [1.29, 1.82) is 0 Å². The van der Waals surface area contributed by atoms with Gasteiger partial charge in [0, 0.05) is 4.90 Å². The Balaban J connectivity index is 1.83. The van der Waals surface area contributed by atoms with Crippen LogP contribution in [-0.4, -0.2) is 14.3 Å². The fraction of sp³-hybridized carbons (Fsp3) is 0. The maximum absolute atomic E-state index is 12.2. The van der Waals surface area contributed by atoms with Gasteiger partial charge in [-0.2, -0.15) is 0 Å². The second-order valence-corrected chi connectivity index (χ2v) is 7.08. The quantitative estimate of drug-likeness (QED) is 0.842. The first-order valence-corrected chi connectivity index (χ1v) is 8.72. The molecule has 2 aromatic carbocycles. The molecule has 2 N–H and O–H groups in total. The predicted octanol–water partition coefficient (Wildman–Crippen LogP) is 2.14. The summed E-state index contributed by atoms with van der Waals surface area (Å²) in [5.41, 5.74) is 1.07. The number of hydrogen-bond acceptors (Lipinski definition) is 5. The van der Waals surface area contributed by atoms with E-state index in [0.717, 1.165) is 10.5 Å². The fourth-order valence-electron chi connectivity index (χ4n) is 1.94. The summed E-state index contributed by atoms with van der Waals surface area (Å²) in [5.74, 6) is -0.689. The summed E-state index contributed by atoms with van der Waals surface area (Å²) in [4.78, 5) is 13.2. The van der Waals surface area contributed by atoms with Crippen LogP contribution in [0.15, 0.2) is 70.1 Å². The van der Waals surface area contributed by atoms with E-state index in [2.05, 4.69) is 9.44 Å². The lowest BCUT2D eigenvalue weighted by atomic mass is 10.2. The summed E-state index contributed by atoms with van der Waals surface area (Å²) in [6.07, 6.45) is 1.63. The zero-order chi connectivity index (χ0) is 15.6. The van der Waals surface area contributed by atoms with E-state index in [1.807, 2.05) is 24.3 Å². The first kappa shape index (κ1) is 14.7. The first-order valence-electron chi connectivity index (χ1n) is 6.42. The molecule has 0 aliphatic carbocycles. The average Bonchev–Trinajstić information content (AvgIpc) is 2.55. The number of benzene rings is 2. The molecule has 1 amide bonds. The minimum atomic E-state index is -3.88. The molecule has 2 aromatic rings. The third-order valence-electron chi connectivity index (χ3n) is 3.01. The Bertz CT molecular complexity index is 846. The fourth-order valence-corrected chi connectivity index (χ4v) is 3.69. The van der Waals surface area contributed by atoms with Gasteiger partial charge in [-0.3, -0.25) is 4.79 Å². The van der Waals surface area contributed by atoms with Gasteiger partial charge in [-0.25, -0.2) is 13.1 Å². The SMILES string of the molecule is O=C(NS(=O)(=O)c1ccccc1)C1=Cc2ccccc2SN1. The van der Waals surface area contributed by atoms with E-state index in [-0.39, 0.29) is 10.6 Å². The smallest absolute Gasteiger partial charge is 0.281 e. The zero-order valence-electron chi connectivity index (χ0n) is 11.3. The summed E-state index contributed by atoms with van der Waals surface area (Å²) in [6, 6.07) is 15.3. The van der Waals surface area contributed by atoms with Crippen molar-refractivity contribution in [3.05, 3.63) is 65.9 Å². The van der Waals surface area contributed by atoms with Crippen molar-refractivity contribution in [1.82, 2.24) is 9.44 Å². The van der Waals surface area contributed by atoms with Gasteiger partial charge in [0.2, 0.25) is 0 Å². The number of nitrogens with one attached hydrogen (secondary N) is 2. The normalized spacial score (nSPS) is 13.5. The molecule has 0 atom stereocenters. The number of rotatable bonds is 3. The number of fused-ring (bicyclic) bond motifs is 1. The standard InChI is InChI=1S/C15H12N2O3S2/c18-15(17-22(19,20)12-7-2-1-3-8-12)13-10-11-6-4-5-9-14(11)21-16-13/h1-10,16H,(H,17,18). The van der Waals surface area contributed by atoms with Gasteiger partial charge in [0.25, 0.3) is 15.9 Å². The summed E-state index contributed by atoms with van der Waals surface area (Å²) in [5, 5.41) is 0. The molecular formula is C15H12N2O3S2. The molecule has 112 valence electrons. The van der Waals surface area contributed by atoms with Gasteiger partial charge in [0.05, 0.1) is 4.90 Å². The van der Waals surface area contributed by atoms with Crippen LogP contribution in [0.1, 0.15) is 5.56 Å². The van der Waals surface area contributed by atoms with Crippen LogP contribution < -0.4 is 9.44 Å². The van der Waals surface area contributed by atoms with E-state index >= 15 is 0 Å². The van der Waals surface area contributed by atoms with E-state index in [1.165, 1.54) is 24.1 Å². The Morgan fingerprint density at radius 3 is 2.45 bits per heavy atom. The molecular weight excluding hydrogens is 320 g/mol. The molecule has 0 bridgehead atoms. The van der Waals surface area contributed by atoms with Gasteiger partial charge in [-0.15, -0.1) is 0 Å². The molecule has 1 aliphatic heterocycles. The van der Waals surface area contributed by atoms with Crippen LogP contribution in [-0.2, 0) is 14.8 Å². The molecule has 0 radical (unpaired) electrons. The third kappa shape index (κ3) is 3.00. The highest BCUT2D eigenvalue weighted by Gasteiger charge is 2.22. The van der Waals surface area contributed by atoms with Gasteiger partial charge in [-0.05, 0) is 41.8 Å². The lowest BCUT2D eigenvalue weighted by molar-refractivity contribution is -0.115. The maximum Gasteiger partial charge on any atom is 0.281 e. The molecule has 3 rings (SSSR count). The van der Waals surface area contributed by atoms with Crippen LogP contribution in [0.5, 0.6) is 0 Å². The topological polar surface area (TPSA) is 75.3 Å². The predicted molar refractivity (Wildman–Crippen MR) is 85.2 cm³/mol. The van der Waals surface area contributed by atoms with Crippen LogP contribution >= 0.6 is 11.9 Å². The van der Waals surface area contributed by atoms with Crippen molar-refractivity contribution < 1.29 is 13.2 Å². The van der Waals surface area contributed by atoms with E-state index in [4.69, 9.17) is 0 Å². The first-order chi connectivity index (χ1) is 10.6. The van der Waals surface area contributed by atoms with Gasteiger partial charge >= 0.3 is 0 Å². The van der Waals surface area contributed by atoms with Crippen LogP contribution in [0.25, 0.3) is 6.08 Å². The van der Waals surface area contributed by atoms with Crippen LogP contribution in [0.2, 0.25) is 0 Å². The van der Waals surface area contributed by atoms with Crippen molar-refractivity contribution >= 4 is 34.0 Å². The number of carbonyl (C=O) groups excluding carboxylic acids is 1. The van der Waals surface area contributed by atoms with Crippen LogP contribution in [0.3, 0.4) is 0 Å². The molecule has 0 fully saturated rings. The molecule has 0 spiro atoms. The molecule has 22 heavy (non-hydrogen) atoms. The summed E-state index contributed by atoms with van der Waals surface area (Å²) < 4.78 is 29.2. The van der Waals surface area contributed by atoms with Gasteiger partial charge < -0.3 is 4.72 Å². The van der Waals surface area contributed by atoms with Gasteiger partial charge in [0.1, 0.15) is 5.70 Å². The van der Waals surface area contributed by atoms with Gasteiger partial charge in [-0.1, -0.05) is 36.4 Å². The van der Waals surface area contributed by atoms with Crippen LogP contribution in [0.4, 0.5) is 0 Å². The highest BCUT2D eigenvalue weighted by atomic mass is 32.2. The van der Waals surface area contributed by atoms with Crippen molar-refractivity contribution in [2.75, 3.05) is 0 Å². The number of carbonyl (C=O) groups is 1. The molecule has 0 aromatic heterocycles. The molecule has 0 saturated carbocycles. The van der Waals surface area contributed by atoms with Crippen molar-refractivity contribution in [3.63, 3.8) is 0 Å². The largest absolute Gasteiger partial charge is 0.321 e. The van der Waals surface area contributed by atoms with E-state index < -0.39 is 15.9 Å². The molecule has 1 heterocycles. The van der Waals surface area contributed by atoms with Crippen molar-refractivity contribution in [2.24, 2.45) is 0 Å².